The Bertz CT molecular complexity index is 418. The average Bonchev–Trinajstić information content (AvgIpc) is 2.46. The number of amides is 1. The summed E-state index contributed by atoms with van der Waals surface area (Å²) in [5, 5.41) is 3.26. The molecule has 1 aromatic rings. The highest BCUT2D eigenvalue weighted by molar-refractivity contribution is 5.85. The minimum atomic E-state index is -0.223. The first kappa shape index (κ1) is 16.9. The van der Waals surface area contributed by atoms with Crippen molar-refractivity contribution in [3.63, 3.8) is 0 Å². The Kier molecular flexibility index (Phi) is 6.96. The molecule has 3 nitrogen and oxygen atoms in total. The number of carbonyl (C=O) groups is 1. The lowest BCUT2D eigenvalue weighted by atomic mass is 10.0. The van der Waals surface area contributed by atoms with E-state index >= 15 is 0 Å². The molecule has 0 saturated carbocycles. The Balaban J connectivity index is 0.00000200. The number of likely N-dealkylation sites (N-methyl/N-ethyl adjacent to an activating group) is 1. The normalized spacial score (nSPS) is 18.2. The molecular weight excluding hydrogens is 279 g/mol. The van der Waals surface area contributed by atoms with Gasteiger partial charge in [-0.2, -0.15) is 0 Å². The second-order valence-corrected chi connectivity index (χ2v) is 5.14. The van der Waals surface area contributed by atoms with Crippen LogP contribution < -0.4 is 5.32 Å². The third-order valence-corrected chi connectivity index (χ3v) is 3.63. The second-order valence-electron chi connectivity index (χ2n) is 5.14. The molecule has 1 saturated heterocycles. The zero-order valence-electron chi connectivity index (χ0n) is 11.8. The summed E-state index contributed by atoms with van der Waals surface area (Å²) in [7, 11) is 1.84. The van der Waals surface area contributed by atoms with Gasteiger partial charge in [0.05, 0.1) is 6.04 Å². The number of carbonyl (C=O) groups excluding carboxylic acids is 1. The van der Waals surface area contributed by atoms with E-state index in [4.69, 9.17) is 0 Å². The predicted molar refractivity (Wildman–Crippen MR) is 80.6 cm³/mol. The lowest BCUT2D eigenvalue weighted by Crippen LogP contribution is -2.47. The molecule has 0 spiro atoms. The van der Waals surface area contributed by atoms with Gasteiger partial charge < -0.3 is 10.2 Å². The monoisotopic (exact) mass is 300 g/mol. The molecule has 1 N–H and O–H groups in total. The minimum Gasteiger partial charge on any atom is -0.344 e. The lowest BCUT2D eigenvalue weighted by Gasteiger charge is -2.27. The largest absolute Gasteiger partial charge is 0.344 e. The van der Waals surface area contributed by atoms with Crippen LogP contribution in [0.1, 0.15) is 24.8 Å². The summed E-state index contributed by atoms with van der Waals surface area (Å²) in [4.78, 5) is 13.9. The van der Waals surface area contributed by atoms with Gasteiger partial charge in [0, 0.05) is 13.6 Å². The number of nitrogens with one attached hydrogen (secondary N) is 1. The van der Waals surface area contributed by atoms with E-state index in [9.17, 15) is 9.18 Å². The SMILES string of the molecule is CN(CCc1ccc(F)cc1)C(=O)C1CCCCN1.Cl. The summed E-state index contributed by atoms with van der Waals surface area (Å²) in [5.74, 6) is -0.0543. The standard InChI is InChI=1S/C15H21FN2O.ClH/c1-18(15(19)14-4-2-3-10-17-14)11-9-12-5-7-13(16)8-6-12;/h5-8,14,17H,2-4,9-11H2,1H3;1H. The summed E-state index contributed by atoms with van der Waals surface area (Å²) in [6.45, 7) is 1.60. The number of nitrogens with zero attached hydrogens (tertiary/aromatic N) is 1. The molecule has 0 aliphatic carbocycles. The van der Waals surface area contributed by atoms with Crippen molar-refractivity contribution in [1.82, 2.24) is 10.2 Å². The fraction of sp³-hybridized carbons (Fsp3) is 0.533. The highest BCUT2D eigenvalue weighted by atomic mass is 35.5. The molecule has 20 heavy (non-hydrogen) atoms. The van der Waals surface area contributed by atoms with Crippen LogP contribution in [0.4, 0.5) is 4.39 Å². The minimum absolute atomic E-state index is 0. The Labute approximate surface area is 125 Å². The number of hydrogen-bond donors (Lipinski definition) is 1. The third kappa shape index (κ3) is 4.76. The predicted octanol–water partition coefficient (Wildman–Crippen LogP) is 2.39. The molecule has 1 fully saturated rings. The quantitative estimate of drug-likeness (QED) is 0.926. The molecule has 112 valence electrons. The van der Waals surface area contributed by atoms with Gasteiger partial charge in [0.15, 0.2) is 0 Å². The first-order valence-electron chi connectivity index (χ1n) is 6.89. The van der Waals surface area contributed by atoms with Crippen LogP contribution in [0.5, 0.6) is 0 Å². The molecule has 1 aliphatic heterocycles. The van der Waals surface area contributed by atoms with Gasteiger partial charge in [0.25, 0.3) is 0 Å². The molecule has 1 amide bonds. The zero-order valence-corrected chi connectivity index (χ0v) is 12.6. The Morgan fingerprint density at radius 3 is 2.65 bits per heavy atom. The summed E-state index contributed by atoms with van der Waals surface area (Å²) in [5.41, 5.74) is 1.05. The van der Waals surface area contributed by atoms with Crippen LogP contribution in [0.3, 0.4) is 0 Å². The van der Waals surface area contributed by atoms with Gasteiger partial charge in [-0.15, -0.1) is 12.4 Å². The average molecular weight is 301 g/mol. The van der Waals surface area contributed by atoms with Crippen molar-refractivity contribution < 1.29 is 9.18 Å². The van der Waals surface area contributed by atoms with E-state index in [-0.39, 0.29) is 30.2 Å². The van der Waals surface area contributed by atoms with E-state index in [0.717, 1.165) is 37.8 Å². The van der Waals surface area contributed by atoms with Crippen molar-refractivity contribution in [1.29, 1.82) is 0 Å². The third-order valence-electron chi connectivity index (χ3n) is 3.63. The first-order chi connectivity index (χ1) is 9.16. The van der Waals surface area contributed by atoms with Gasteiger partial charge in [-0.05, 0) is 43.5 Å². The van der Waals surface area contributed by atoms with E-state index in [1.54, 1.807) is 17.0 Å². The van der Waals surface area contributed by atoms with Gasteiger partial charge in [0.2, 0.25) is 5.91 Å². The molecule has 1 heterocycles. The smallest absolute Gasteiger partial charge is 0.239 e. The molecule has 1 unspecified atom stereocenters. The van der Waals surface area contributed by atoms with E-state index in [0.29, 0.717) is 6.54 Å². The lowest BCUT2D eigenvalue weighted by molar-refractivity contribution is -0.132. The highest BCUT2D eigenvalue weighted by Crippen LogP contribution is 2.10. The van der Waals surface area contributed by atoms with Crippen molar-refractivity contribution in [2.24, 2.45) is 0 Å². The molecule has 2 rings (SSSR count). The molecular formula is C15H22ClFN2O. The number of rotatable bonds is 4. The van der Waals surface area contributed by atoms with E-state index in [1.807, 2.05) is 7.05 Å². The molecule has 0 bridgehead atoms. The van der Waals surface area contributed by atoms with Crippen LogP contribution in [0.2, 0.25) is 0 Å². The maximum Gasteiger partial charge on any atom is 0.239 e. The summed E-state index contributed by atoms with van der Waals surface area (Å²) in [6.07, 6.45) is 3.97. The van der Waals surface area contributed by atoms with Crippen LogP contribution in [-0.4, -0.2) is 37.0 Å². The van der Waals surface area contributed by atoms with Gasteiger partial charge in [-0.1, -0.05) is 18.6 Å². The fourth-order valence-electron chi connectivity index (χ4n) is 2.39. The maximum atomic E-state index is 12.8. The van der Waals surface area contributed by atoms with Crippen molar-refractivity contribution in [2.75, 3.05) is 20.1 Å². The molecule has 0 aromatic heterocycles. The van der Waals surface area contributed by atoms with Crippen LogP contribution >= 0.6 is 12.4 Å². The van der Waals surface area contributed by atoms with E-state index in [1.165, 1.54) is 12.1 Å². The Hall–Kier alpha value is -1.13. The molecule has 1 atom stereocenters. The molecule has 0 radical (unpaired) electrons. The molecule has 1 aliphatic rings. The molecule has 5 heteroatoms. The molecule has 1 aromatic carbocycles. The van der Waals surface area contributed by atoms with Crippen molar-refractivity contribution >= 4 is 18.3 Å². The number of benzene rings is 1. The summed E-state index contributed by atoms with van der Waals surface area (Å²) >= 11 is 0. The second kappa shape index (κ2) is 8.22. The van der Waals surface area contributed by atoms with E-state index < -0.39 is 0 Å². The topological polar surface area (TPSA) is 32.3 Å². The van der Waals surface area contributed by atoms with E-state index in [2.05, 4.69) is 5.32 Å². The highest BCUT2D eigenvalue weighted by Gasteiger charge is 2.23. The Morgan fingerprint density at radius 1 is 1.35 bits per heavy atom. The Morgan fingerprint density at radius 2 is 2.05 bits per heavy atom. The first-order valence-corrected chi connectivity index (χ1v) is 6.89. The van der Waals surface area contributed by atoms with Crippen LogP contribution in [0, 0.1) is 5.82 Å². The van der Waals surface area contributed by atoms with Crippen LogP contribution in [0.25, 0.3) is 0 Å². The van der Waals surface area contributed by atoms with Gasteiger partial charge in [-0.3, -0.25) is 4.79 Å². The van der Waals surface area contributed by atoms with Gasteiger partial charge >= 0.3 is 0 Å². The number of halogens is 2. The van der Waals surface area contributed by atoms with Crippen LogP contribution in [-0.2, 0) is 11.2 Å². The maximum absolute atomic E-state index is 12.8. The number of hydrogen-bond acceptors (Lipinski definition) is 2. The van der Waals surface area contributed by atoms with Crippen molar-refractivity contribution in [2.45, 2.75) is 31.7 Å². The van der Waals surface area contributed by atoms with Gasteiger partial charge in [-0.25, -0.2) is 4.39 Å². The summed E-state index contributed by atoms with van der Waals surface area (Å²) in [6, 6.07) is 6.44. The van der Waals surface area contributed by atoms with Crippen molar-refractivity contribution in [3.8, 4) is 0 Å². The fourth-order valence-corrected chi connectivity index (χ4v) is 2.39. The number of piperidine rings is 1. The van der Waals surface area contributed by atoms with Gasteiger partial charge in [0.1, 0.15) is 5.82 Å². The van der Waals surface area contributed by atoms with Crippen molar-refractivity contribution in [3.05, 3.63) is 35.6 Å². The zero-order chi connectivity index (χ0) is 13.7. The summed E-state index contributed by atoms with van der Waals surface area (Å²) < 4.78 is 12.8. The van der Waals surface area contributed by atoms with Crippen LogP contribution in [0.15, 0.2) is 24.3 Å².